The van der Waals surface area contributed by atoms with Crippen LogP contribution in [0, 0.1) is 11.3 Å². The molecule has 23 heavy (non-hydrogen) atoms. The standard InChI is InChI=1S/C15H14N4O3S/c1-18-13(20)10(14(21)19(2)15(18)22)7-17-12-9(6-16)8-4-3-5-11(8)23-12/h7,20H,3-5H2,1-2H3. The van der Waals surface area contributed by atoms with Crippen molar-refractivity contribution in [2.24, 2.45) is 19.1 Å². The number of hydrogen-bond donors (Lipinski definition) is 1. The third kappa shape index (κ3) is 2.29. The largest absolute Gasteiger partial charge is 0.494 e. The van der Waals surface area contributed by atoms with Crippen LogP contribution in [0.4, 0.5) is 5.00 Å². The Morgan fingerprint density at radius 1 is 1.30 bits per heavy atom. The zero-order valence-electron chi connectivity index (χ0n) is 12.7. The highest BCUT2D eigenvalue weighted by atomic mass is 32.1. The summed E-state index contributed by atoms with van der Waals surface area (Å²) >= 11 is 1.44. The number of aliphatic imine (C=N–C) groups is 1. The number of fused-ring (bicyclic) bond motifs is 1. The summed E-state index contributed by atoms with van der Waals surface area (Å²) in [6.07, 6.45) is 4.08. The van der Waals surface area contributed by atoms with Gasteiger partial charge in [0.2, 0.25) is 5.88 Å². The number of rotatable bonds is 2. The molecule has 0 fully saturated rings. The Hall–Kier alpha value is -2.66. The lowest BCUT2D eigenvalue weighted by molar-refractivity contribution is 0.410. The Morgan fingerprint density at radius 2 is 2.04 bits per heavy atom. The SMILES string of the molecule is Cn1c(O)c(C=Nc2sc3c(c2C#N)CCC3)c(=O)n(C)c1=O. The molecule has 0 bridgehead atoms. The van der Waals surface area contributed by atoms with Gasteiger partial charge in [0, 0.05) is 25.2 Å². The van der Waals surface area contributed by atoms with Gasteiger partial charge in [-0.25, -0.2) is 9.79 Å². The lowest BCUT2D eigenvalue weighted by Crippen LogP contribution is -2.38. The van der Waals surface area contributed by atoms with Crippen LogP contribution in [0.5, 0.6) is 5.88 Å². The van der Waals surface area contributed by atoms with Gasteiger partial charge in [-0.05, 0) is 24.8 Å². The minimum absolute atomic E-state index is 0.0768. The normalized spacial score (nSPS) is 13.4. The van der Waals surface area contributed by atoms with Crippen LogP contribution < -0.4 is 11.2 Å². The first kappa shape index (κ1) is 15.2. The molecular weight excluding hydrogens is 316 g/mol. The van der Waals surface area contributed by atoms with E-state index in [0.29, 0.717) is 10.6 Å². The number of nitriles is 1. The molecule has 0 saturated heterocycles. The Kier molecular flexibility index (Phi) is 3.66. The molecule has 0 radical (unpaired) electrons. The van der Waals surface area contributed by atoms with Gasteiger partial charge in [0.05, 0.1) is 5.56 Å². The zero-order chi connectivity index (χ0) is 16.7. The van der Waals surface area contributed by atoms with E-state index in [9.17, 15) is 20.0 Å². The van der Waals surface area contributed by atoms with Crippen LogP contribution in [0.25, 0.3) is 0 Å². The van der Waals surface area contributed by atoms with Crippen molar-refractivity contribution in [1.82, 2.24) is 9.13 Å². The summed E-state index contributed by atoms with van der Waals surface area (Å²) in [7, 11) is 2.71. The molecule has 0 spiro atoms. The summed E-state index contributed by atoms with van der Waals surface area (Å²) in [4.78, 5) is 29.2. The summed E-state index contributed by atoms with van der Waals surface area (Å²) < 4.78 is 1.88. The van der Waals surface area contributed by atoms with Crippen molar-refractivity contribution >= 4 is 22.6 Å². The molecule has 0 saturated carbocycles. The van der Waals surface area contributed by atoms with Crippen LogP contribution in [0.2, 0.25) is 0 Å². The van der Waals surface area contributed by atoms with E-state index in [4.69, 9.17) is 0 Å². The smallest absolute Gasteiger partial charge is 0.333 e. The van der Waals surface area contributed by atoms with E-state index >= 15 is 0 Å². The van der Waals surface area contributed by atoms with Gasteiger partial charge in [-0.2, -0.15) is 5.26 Å². The molecule has 2 heterocycles. The van der Waals surface area contributed by atoms with Crippen LogP contribution in [0.3, 0.4) is 0 Å². The summed E-state index contributed by atoms with van der Waals surface area (Å²) in [6, 6.07) is 2.17. The van der Waals surface area contributed by atoms with Crippen molar-refractivity contribution in [1.29, 1.82) is 5.26 Å². The van der Waals surface area contributed by atoms with E-state index in [0.717, 1.165) is 38.8 Å². The average Bonchev–Trinajstić information content (AvgIpc) is 3.11. The molecule has 1 N–H and O–H groups in total. The number of aromatic hydroxyl groups is 1. The van der Waals surface area contributed by atoms with E-state index in [1.54, 1.807) is 0 Å². The lowest BCUT2D eigenvalue weighted by Gasteiger charge is -2.06. The van der Waals surface area contributed by atoms with E-state index in [1.165, 1.54) is 31.6 Å². The minimum Gasteiger partial charge on any atom is -0.494 e. The summed E-state index contributed by atoms with van der Waals surface area (Å²) in [6.45, 7) is 0. The third-order valence-electron chi connectivity index (χ3n) is 3.99. The maximum absolute atomic E-state index is 12.1. The average molecular weight is 330 g/mol. The van der Waals surface area contributed by atoms with Gasteiger partial charge in [0.25, 0.3) is 5.56 Å². The van der Waals surface area contributed by atoms with E-state index < -0.39 is 17.1 Å². The summed E-state index contributed by atoms with van der Waals surface area (Å²) in [5.41, 5.74) is 0.267. The highest BCUT2D eigenvalue weighted by Gasteiger charge is 2.22. The minimum atomic E-state index is -0.628. The molecular formula is C15H14N4O3S. The number of hydrogen-bond acceptors (Lipinski definition) is 6. The first-order chi connectivity index (χ1) is 11.0. The maximum Gasteiger partial charge on any atom is 0.333 e. The first-order valence-corrected chi connectivity index (χ1v) is 7.85. The van der Waals surface area contributed by atoms with Gasteiger partial charge < -0.3 is 5.11 Å². The van der Waals surface area contributed by atoms with Gasteiger partial charge in [0.15, 0.2) is 0 Å². The van der Waals surface area contributed by atoms with E-state index in [1.807, 2.05) is 0 Å². The molecule has 8 heteroatoms. The zero-order valence-corrected chi connectivity index (χ0v) is 13.5. The number of thiophene rings is 1. The molecule has 0 aliphatic heterocycles. The topological polar surface area (TPSA) is 100 Å². The molecule has 0 atom stereocenters. The van der Waals surface area contributed by atoms with Crippen molar-refractivity contribution in [3.63, 3.8) is 0 Å². The van der Waals surface area contributed by atoms with E-state index in [2.05, 4.69) is 11.1 Å². The van der Waals surface area contributed by atoms with Gasteiger partial charge in [0.1, 0.15) is 16.6 Å². The molecule has 2 aromatic rings. The fraction of sp³-hybridized carbons (Fsp3) is 0.333. The molecule has 0 unspecified atom stereocenters. The highest BCUT2D eigenvalue weighted by Crippen LogP contribution is 2.40. The number of aryl methyl sites for hydroxylation is 1. The predicted octanol–water partition coefficient (Wildman–Crippen LogP) is 0.962. The van der Waals surface area contributed by atoms with Crippen LogP contribution in [-0.2, 0) is 26.9 Å². The lowest BCUT2D eigenvalue weighted by atomic mass is 10.1. The summed E-state index contributed by atoms with van der Waals surface area (Å²) in [5, 5.41) is 19.9. The Balaban J connectivity index is 2.11. The molecule has 1 aliphatic carbocycles. The monoisotopic (exact) mass is 330 g/mol. The van der Waals surface area contributed by atoms with Crippen LogP contribution in [0.1, 0.15) is 28.0 Å². The second-order valence-corrected chi connectivity index (χ2v) is 6.43. The molecule has 0 amide bonds. The molecule has 7 nitrogen and oxygen atoms in total. The second kappa shape index (κ2) is 5.52. The van der Waals surface area contributed by atoms with Gasteiger partial charge >= 0.3 is 5.69 Å². The first-order valence-electron chi connectivity index (χ1n) is 7.03. The second-order valence-electron chi connectivity index (χ2n) is 5.35. The molecule has 0 aromatic carbocycles. The molecule has 1 aliphatic rings. The number of aromatic nitrogens is 2. The third-order valence-corrected chi connectivity index (χ3v) is 5.19. The molecule has 3 rings (SSSR count). The maximum atomic E-state index is 12.1. The fourth-order valence-corrected chi connectivity index (χ4v) is 3.88. The Morgan fingerprint density at radius 3 is 2.74 bits per heavy atom. The van der Waals surface area contributed by atoms with Crippen LogP contribution in [-0.4, -0.2) is 20.5 Å². The van der Waals surface area contributed by atoms with Crippen LogP contribution >= 0.6 is 11.3 Å². The van der Waals surface area contributed by atoms with Gasteiger partial charge in [-0.1, -0.05) is 0 Å². The molecule has 2 aromatic heterocycles. The number of nitrogens with zero attached hydrogens (tertiary/aromatic N) is 4. The fourth-order valence-electron chi connectivity index (χ4n) is 2.69. The predicted molar refractivity (Wildman–Crippen MR) is 86.9 cm³/mol. The van der Waals surface area contributed by atoms with Gasteiger partial charge in [-0.3, -0.25) is 13.9 Å². The molecule has 118 valence electrons. The Labute approximate surface area is 135 Å². The van der Waals surface area contributed by atoms with Crippen molar-refractivity contribution in [3.8, 4) is 11.9 Å². The van der Waals surface area contributed by atoms with Crippen molar-refractivity contribution < 1.29 is 5.11 Å². The summed E-state index contributed by atoms with van der Waals surface area (Å²) in [5.74, 6) is -0.440. The quantitative estimate of drug-likeness (QED) is 0.829. The Bertz CT molecular complexity index is 988. The van der Waals surface area contributed by atoms with Crippen molar-refractivity contribution in [3.05, 3.63) is 42.4 Å². The van der Waals surface area contributed by atoms with Crippen LogP contribution in [0.15, 0.2) is 14.6 Å². The van der Waals surface area contributed by atoms with E-state index in [-0.39, 0.29) is 5.56 Å². The van der Waals surface area contributed by atoms with Gasteiger partial charge in [-0.15, -0.1) is 11.3 Å². The van der Waals surface area contributed by atoms with Crippen molar-refractivity contribution in [2.75, 3.05) is 0 Å². The van der Waals surface area contributed by atoms with Crippen molar-refractivity contribution in [2.45, 2.75) is 19.3 Å². The highest BCUT2D eigenvalue weighted by molar-refractivity contribution is 7.16.